The van der Waals surface area contributed by atoms with Crippen LogP contribution in [0.4, 0.5) is 0 Å². The summed E-state index contributed by atoms with van der Waals surface area (Å²) in [6.45, 7) is 1.96. The number of rotatable bonds is 4. The largest absolute Gasteiger partial charge is 0.480 e. The quantitative estimate of drug-likeness (QED) is 0.874. The fourth-order valence-corrected chi connectivity index (χ4v) is 2.74. The highest BCUT2D eigenvalue weighted by atomic mass is 16.4. The van der Waals surface area contributed by atoms with E-state index in [4.69, 9.17) is 0 Å². The molecule has 2 rings (SSSR count). The van der Waals surface area contributed by atoms with Crippen LogP contribution in [0.15, 0.2) is 6.07 Å². The monoisotopic (exact) mass is 279 g/mol. The summed E-state index contributed by atoms with van der Waals surface area (Å²) in [7, 11) is 1.70. The topological polar surface area (TPSA) is 84.2 Å². The Morgan fingerprint density at radius 2 is 2.05 bits per heavy atom. The first-order valence-electron chi connectivity index (χ1n) is 7.07. The number of aliphatic carboxylic acids is 1. The molecule has 6 nitrogen and oxygen atoms in total. The first-order valence-corrected chi connectivity index (χ1v) is 7.07. The summed E-state index contributed by atoms with van der Waals surface area (Å²) in [6, 6.07) is 1.72. The van der Waals surface area contributed by atoms with E-state index in [-0.39, 0.29) is 5.91 Å². The van der Waals surface area contributed by atoms with Crippen LogP contribution < -0.4 is 5.32 Å². The van der Waals surface area contributed by atoms with Gasteiger partial charge in [-0.05, 0) is 25.3 Å². The van der Waals surface area contributed by atoms with Crippen LogP contribution in [0.1, 0.15) is 55.2 Å². The minimum Gasteiger partial charge on any atom is -0.480 e. The minimum atomic E-state index is -1.12. The summed E-state index contributed by atoms with van der Waals surface area (Å²) in [5.74, 6) is -1.30. The summed E-state index contributed by atoms with van der Waals surface area (Å²) in [6.07, 6.45) is 4.41. The van der Waals surface area contributed by atoms with Crippen molar-refractivity contribution in [3.05, 3.63) is 17.5 Å². The Kier molecular flexibility index (Phi) is 4.11. The third kappa shape index (κ3) is 2.69. The van der Waals surface area contributed by atoms with Gasteiger partial charge in [0.05, 0.1) is 5.69 Å². The van der Waals surface area contributed by atoms with E-state index in [1.807, 2.05) is 6.92 Å². The smallest absolute Gasteiger partial charge is 0.329 e. The number of nitrogens with one attached hydrogen (secondary N) is 1. The zero-order valence-corrected chi connectivity index (χ0v) is 12.0. The minimum absolute atomic E-state index is 0.357. The van der Waals surface area contributed by atoms with E-state index in [1.54, 1.807) is 13.1 Å². The van der Waals surface area contributed by atoms with E-state index in [2.05, 4.69) is 10.4 Å². The molecular formula is C14H21N3O3. The molecule has 0 saturated heterocycles. The first-order chi connectivity index (χ1) is 9.48. The number of amides is 1. The highest BCUT2D eigenvalue weighted by Crippen LogP contribution is 2.28. The number of aryl methyl sites for hydroxylation is 2. The maximum atomic E-state index is 12.3. The molecule has 1 aromatic rings. The number of carbonyl (C=O) groups excluding carboxylic acids is 1. The molecule has 1 aliphatic rings. The van der Waals surface area contributed by atoms with Crippen LogP contribution in [0.3, 0.4) is 0 Å². The van der Waals surface area contributed by atoms with E-state index in [0.29, 0.717) is 18.5 Å². The van der Waals surface area contributed by atoms with Crippen molar-refractivity contribution >= 4 is 11.9 Å². The van der Waals surface area contributed by atoms with Gasteiger partial charge in [0.25, 0.3) is 5.91 Å². The highest BCUT2D eigenvalue weighted by Gasteiger charge is 2.41. The SMILES string of the molecule is CCc1cc(C(=O)NC2(C(=O)O)CCCCC2)n(C)n1. The van der Waals surface area contributed by atoms with Gasteiger partial charge in [-0.15, -0.1) is 0 Å². The highest BCUT2D eigenvalue weighted by molar-refractivity contribution is 5.96. The van der Waals surface area contributed by atoms with Crippen molar-refractivity contribution in [3.63, 3.8) is 0 Å². The molecule has 110 valence electrons. The number of hydrogen-bond donors (Lipinski definition) is 2. The molecule has 1 heterocycles. The summed E-state index contributed by atoms with van der Waals surface area (Å²) < 4.78 is 1.51. The molecular weight excluding hydrogens is 258 g/mol. The molecule has 0 unspecified atom stereocenters. The first kappa shape index (κ1) is 14.6. The van der Waals surface area contributed by atoms with Crippen LogP contribution in [-0.2, 0) is 18.3 Å². The van der Waals surface area contributed by atoms with Gasteiger partial charge in [0, 0.05) is 7.05 Å². The van der Waals surface area contributed by atoms with Crippen molar-refractivity contribution < 1.29 is 14.7 Å². The fraction of sp³-hybridized carbons (Fsp3) is 0.643. The summed E-state index contributed by atoms with van der Waals surface area (Å²) in [5, 5.41) is 16.4. The standard InChI is InChI=1S/C14H21N3O3/c1-3-10-9-11(17(2)16-10)12(18)15-14(13(19)20)7-5-4-6-8-14/h9H,3-8H2,1-2H3,(H,15,18)(H,19,20). The predicted molar refractivity (Wildman–Crippen MR) is 73.5 cm³/mol. The zero-order valence-electron chi connectivity index (χ0n) is 12.0. The molecule has 0 bridgehead atoms. The van der Waals surface area contributed by atoms with Crippen molar-refractivity contribution in [2.24, 2.45) is 7.05 Å². The third-order valence-corrected chi connectivity index (χ3v) is 3.99. The number of carboxylic acid groups (broad SMARTS) is 1. The third-order valence-electron chi connectivity index (χ3n) is 3.99. The van der Waals surface area contributed by atoms with Crippen LogP contribution in [0.2, 0.25) is 0 Å². The molecule has 0 aliphatic heterocycles. The molecule has 1 saturated carbocycles. The van der Waals surface area contributed by atoms with Gasteiger partial charge in [-0.25, -0.2) is 4.79 Å². The Labute approximate surface area is 118 Å². The Bertz CT molecular complexity index is 516. The van der Waals surface area contributed by atoms with Crippen molar-refractivity contribution in [1.29, 1.82) is 0 Å². The van der Waals surface area contributed by atoms with Crippen LogP contribution in [0.25, 0.3) is 0 Å². The van der Waals surface area contributed by atoms with E-state index in [1.165, 1.54) is 4.68 Å². The number of carbonyl (C=O) groups is 2. The number of nitrogens with zero attached hydrogens (tertiary/aromatic N) is 2. The van der Waals surface area contributed by atoms with E-state index in [0.717, 1.165) is 31.4 Å². The van der Waals surface area contributed by atoms with Crippen LogP contribution in [-0.4, -0.2) is 32.3 Å². The lowest BCUT2D eigenvalue weighted by molar-refractivity contribution is -0.145. The molecule has 1 aromatic heterocycles. The van der Waals surface area contributed by atoms with E-state index < -0.39 is 11.5 Å². The number of hydrogen-bond acceptors (Lipinski definition) is 3. The van der Waals surface area contributed by atoms with Crippen LogP contribution in [0, 0.1) is 0 Å². The summed E-state index contributed by atoms with van der Waals surface area (Å²) in [5.41, 5.74) is 0.116. The van der Waals surface area contributed by atoms with Gasteiger partial charge in [0.1, 0.15) is 11.2 Å². The van der Waals surface area contributed by atoms with Gasteiger partial charge in [-0.1, -0.05) is 26.2 Å². The van der Waals surface area contributed by atoms with Gasteiger partial charge >= 0.3 is 5.97 Å². The van der Waals surface area contributed by atoms with Crippen LogP contribution >= 0.6 is 0 Å². The molecule has 0 aromatic carbocycles. The Morgan fingerprint density at radius 3 is 2.55 bits per heavy atom. The van der Waals surface area contributed by atoms with Crippen molar-refractivity contribution in [1.82, 2.24) is 15.1 Å². The lowest BCUT2D eigenvalue weighted by Gasteiger charge is -2.33. The van der Waals surface area contributed by atoms with Gasteiger partial charge in [0.2, 0.25) is 0 Å². The number of aromatic nitrogens is 2. The lowest BCUT2D eigenvalue weighted by atomic mass is 9.81. The van der Waals surface area contributed by atoms with Gasteiger partial charge < -0.3 is 10.4 Å². The normalized spacial score (nSPS) is 17.7. The van der Waals surface area contributed by atoms with Gasteiger partial charge in [-0.3, -0.25) is 9.48 Å². The number of carboxylic acids is 1. The Hall–Kier alpha value is -1.85. The average molecular weight is 279 g/mol. The zero-order chi connectivity index (χ0) is 14.8. The molecule has 0 atom stereocenters. The maximum Gasteiger partial charge on any atom is 0.329 e. The van der Waals surface area contributed by atoms with Gasteiger partial charge in [0.15, 0.2) is 0 Å². The molecule has 20 heavy (non-hydrogen) atoms. The molecule has 1 amide bonds. The van der Waals surface area contributed by atoms with Crippen molar-refractivity contribution in [3.8, 4) is 0 Å². The molecule has 0 radical (unpaired) electrons. The predicted octanol–water partition coefficient (Wildman–Crippen LogP) is 1.50. The van der Waals surface area contributed by atoms with Crippen molar-refractivity contribution in [2.75, 3.05) is 0 Å². The Morgan fingerprint density at radius 1 is 1.40 bits per heavy atom. The Balaban J connectivity index is 2.20. The average Bonchev–Trinajstić information content (AvgIpc) is 2.81. The molecule has 2 N–H and O–H groups in total. The van der Waals surface area contributed by atoms with Gasteiger partial charge in [-0.2, -0.15) is 5.10 Å². The van der Waals surface area contributed by atoms with Crippen LogP contribution in [0.5, 0.6) is 0 Å². The summed E-state index contributed by atoms with van der Waals surface area (Å²) >= 11 is 0. The van der Waals surface area contributed by atoms with E-state index in [9.17, 15) is 14.7 Å². The lowest BCUT2D eigenvalue weighted by Crippen LogP contribution is -2.55. The van der Waals surface area contributed by atoms with Crippen molar-refractivity contribution in [2.45, 2.75) is 51.0 Å². The molecule has 0 spiro atoms. The maximum absolute atomic E-state index is 12.3. The molecule has 6 heteroatoms. The fourth-order valence-electron chi connectivity index (χ4n) is 2.74. The summed E-state index contributed by atoms with van der Waals surface area (Å²) in [4.78, 5) is 23.9. The van der Waals surface area contributed by atoms with E-state index >= 15 is 0 Å². The second kappa shape index (κ2) is 5.64. The second-order valence-corrected chi connectivity index (χ2v) is 5.40. The molecule has 1 fully saturated rings. The second-order valence-electron chi connectivity index (χ2n) is 5.40. The molecule has 1 aliphatic carbocycles.